The molecule has 0 radical (unpaired) electrons. The maximum absolute atomic E-state index is 14.5. The highest BCUT2D eigenvalue weighted by Crippen LogP contribution is 2.53. The highest BCUT2D eigenvalue weighted by Gasteiger charge is 2.58. The van der Waals surface area contributed by atoms with Crippen LogP contribution in [0.25, 0.3) is 0 Å². The quantitative estimate of drug-likeness (QED) is 0.0522. The Morgan fingerprint density at radius 3 is 1.78 bits per heavy atom. The van der Waals surface area contributed by atoms with Crippen LogP contribution in [0, 0.1) is 29.6 Å². The molecule has 0 aromatic rings. The van der Waals surface area contributed by atoms with Crippen molar-refractivity contribution in [1.29, 1.82) is 0 Å². The number of carboxylic acids is 2. The summed E-state index contributed by atoms with van der Waals surface area (Å²) in [5, 5.41) is 38.0. The monoisotopic (exact) mass is 778 g/mol. The number of fused-ring (bicyclic) bond motifs is 1. The number of hydrogen-bond donors (Lipinski definition) is 4. The Hall–Kier alpha value is -2.41. The van der Waals surface area contributed by atoms with Crippen LogP contribution in [0.15, 0.2) is 0 Å². The number of carbonyl (C=O) groups is 5. The number of rotatable bonds is 25. The van der Waals surface area contributed by atoms with Crippen LogP contribution in [0.3, 0.4) is 0 Å². The number of halogens is 4. The average molecular weight is 779 g/mol. The van der Waals surface area contributed by atoms with Gasteiger partial charge in [0.1, 0.15) is 17.2 Å². The number of carbonyl (C=O) groups excluding carboxylic acids is 3. The Balaban J connectivity index is 0.000000373. The number of Topliss-reactive ketones (excluding diaryl/α,β-unsaturated/α-hetero) is 3. The van der Waals surface area contributed by atoms with Crippen molar-refractivity contribution < 1.29 is 62.0 Å². The molecule has 0 aromatic carbocycles. The van der Waals surface area contributed by atoms with Gasteiger partial charge in [-0.1, -0.05) is 65.2 Å². The van der Waals surface area contributed by atoms with Crippen LogP contribution in [0.5, 0.6) is 0 Å². The Morgan fingerprint density at radius 1 is 0.704 bits per heavy atom. The van der Waals surface area contributed by atoms with E-state index >= 15 is 0 Å². The van der Waals surface area contributed by atoms with E-state index in [4.69, 9.17) is 10.2 Å². The second-order valence-electron chi connectivity index (χ2n) is 16.3. The SMILES string of the molecule is CCCCC(F)(F)C(=O)CC[C@H]1[C@H](O)CC(=O)[C@@H]1CCCCCCC(=O)O.CCCCC(F)(F)[C@@]1(O)CC[C@H]2[C@@H](CC(=O)[C@@H]2CCCCCCC(=O)O)C1. The van der Waals surface area contributed by atoms with Gasteiger partial charge in [0.05, 0.1) is 6.10 Å². The van der Waals surface area contributed by atoms with Gasteiger partial charge in [0.15, 0.2) is 0 Å². The third-order valence-electron chi connectivity index (χ3n) is 12.1. The van der Waals surface area contributed by atoms with E-state index in [1.165, 1.54) is 0 Å². The first-order valence-corrected chi connectivity index (χ1v) is 20.6. The summed E-state index contributed by atoms with van der Waals surface area (Å²) in [6.45, 7) is 3.65. The summed E-state index contributed by atoms with van der Waals surface area (Å²) < 4.78 is 56.7. The molecule has 0 saturated heterocycles. The lowest BCUT2D eigenvalue weighted by Gasteiger charge is -2.44. The van der Waals surface area contributed by atoms with E-state index in [2.05, 4.69) is 0 Å². The van der Waals surface area contributed by atoms with Crippen molar-refractivity contribution in [1.82, 2.24) is 0 Å². The van der Waals surface area contributed by atoms with Crippen molar-refractivity contribution in [2.45, 2.75) is 198 Å². The Morgan fingerprint density at radius 2 is 1.22 bits per heavy atom. The number of ketones is 3. The highest BCUT2D eigenvalue weighted by molar-refractivity contribution is 5.86. The summed E-state index contributed by atoms with van der Waals surface area (Å²) in [5.41, 5.74) is -1.96. The first-order valence-electron chi connectivity index (χ1n) is 20.6. The van der Waals surface area contributed by atoms with Crippen molar-refractivity contribution in [3.05, 3.63) is 0 Å². The number of aliphatic carboxylic acids is 2. The topological polar surface area (TPSA) is 166 Å². The van der Waals surface area contributed by atoms with Crippen LogP contribution in [0.1, 0.15) is 174 Å². The summed E-state index contributed by atoms with van der Waals surface area (Å²) in [4.78, 5) is 57.4. The van der Waals surface area contributed by atoms with Gasteiger partial charge < -0.3 is 20.4 Å². The van der Waals surface area contributed by atoms with Crippen molar-refractivity contribution in [2.24, 2.45) is 29.6 Å². The molecule has 13 heteroatoms. The maximum atomic E-state index is 14.5. The zero-order valence-corrected chi connectivity index (χ0v) is 32.5. The van der Waals surface area contributed by atoms with Crippen molar-refractivity contribution in [3.8, 4) is 0 Å². The molecule has 0 heterocycles. The van der Waals surface area contributed by atoms with Gasteiger partial charge in [-0.05, 0) is 82.0 Å². The van der Waals surface area contributed by atoms with Crippen LogP contribution in [0.2, 0.25) is 0 Å². The van der Waals surface area contributed by atoms with E-state index < -0.39 is 59.5 Å². The lowest BCUT2D eigenvalue weighted by atomic mass is 9.67. The normalized spacial score (nSPS) is 27.0. The second kappa shape index (κ2) is 23.0. The summed E-state index contributed by atoms with van der Waals surface area (Å²) in [5.74, 6) is -9.93. The molecule has 0 aliphatic heterocycles. The fraction of sp³-hybridized carbons (Fsp3) is 0.878. The first-order chi connectivity index (χ1) is 25.4. The van der Waals surface area contributed by atoms with E-state index in [1.54, 1.807) is 6.92 Å². The van der Waals surface area contributed by atoms with Crippen molar-refractivity contribution >= 4 is 29.3 Å². The summed E-state index contributed by atoms with van der Waals surface area (Å²) in [7, 11) is 0. The van der Waals surface area contributed by atoms with Gasteiger partial charge in [0.2, 0.25) is 5.78 Å². The number of hydrogen-bond acceptors (Lipinski definition) is 7. The van der Waals surface area contributed by atoms with Crippen LogP contribution in [0.4, 0.5) is 17.6 Å². The molecule has 3 saturated carbocycles. The van der Waals surface area contributed by atoms with E-state index in [0.29, 0.717) is 51.4 Å². The molecule has 0 aromatic heterocycles. The summed E-state index contributed by atoms with van der Waals surface area (Å²) in [6, 6.07) is 0. The molecule has 4 N–H and O–H groups in total. The minimum absolute atomic E-state index is 0.0226. The largest absolute Gasteiger partial charge is 0.481 e. The molecule has 7 atom stereocenters. The van der Waals surface area contributed by atoms with Crippen LogP contribution in [-0.2, 0) is 24.0 Å². The molecular weight excluding hydrogens is 712 g/mol. The van der Waals surface area contributed by atoms with Gasteiger partial charge in [-0.2, -0.15) is 8.78 Å². The number of alkyl halides is 4. The molecule has 9 nitrogen and oxygen atoms in total. The minimum Gasteiger partial charge on any atom is -0.481 e. The van der Waals surface area contributed by atoms with Gasteiger partial charge in [0, 0.05) is 56.8 Å². The molecule has 54 heavy (non-hydrogen) atoms. The second-order valence-corrected chi connectivity index (χ2v) is 16.3. The molecule has 312 valence electrons. The van der Waals surface area contributed by atoms with Crippen LogP contribution in [-0.4, -0.2) is 73.3 Å². The van der Waals surface area contributed by atoms with Crippen molar-refractivity contribution in [3.63, 3.8) is 0 Å². The zero-order chi connectivity index (χ0) is 40.5. The predicted octanol–water partition coefficient (Wildman–Crippen LogP) is 9.13. The van der Waals surface area contributed by atoms with Crippen molar-refractivity contribution in [2.75, 3.05) is 0 Å². The fourth-order valence-corrected chi connectivity index (χ4v) is 8.86. The standard InChI is InChI=1S/C21H34F2O4.C20H32F2O5/c1-2-3-11-21(22,23)20(27)12-10-16-15(14-20)13-18(24)17(16)8-6-4-5-7-9-19(25)26;1-2-3-12-20(21,22)18(25)11-10-15-14(16(23)13-17(15)24)8-6-4-5-7-9-19(26)27/h15-17,27H,2-14H2,1H3,(H,25,26);14-15,17,24H,2-13H2,1H3,(H,26,27)/t15-,16-,17+,20+;14-,15-,17-/m01/s1. The molecule has 3 rings (SSSR count). The number of unbranched alkanes of at least 4 members (excludes halogenated alkanes) is 8. The molecule has 0 unspecified atom stereocenters. The molecule has 3 aliphatic rings. The van der Waals surface area contributed by atoms with Gasteiger partial charge in [-0.3, -0.25) is 24.0 Å². The van der Waals surface area contributed by atoms with Crippen LogP contribution >= 0.6 is 0 Å². The maximum Gasteiger partial charge on any atom is 0.305 e. The van der Waals surface area contributed by atoms with Gasteiger partial charge >= 0.3 is 17.9 Å². The number of aliphatic hydroxyl groups is 2. The minimum atomic E-state index is -3.33. The predicted molar refractivity (Wildman–Crippen MR) is 195 cm³/mol. The fourth-order valence-electron chi connectivity index (χ4n) is 8.86. The summed E-state index contributed by atoms with van der Waals surface area (Å²) in [6.07, 6.45) is 8.80. The smallest absolute Gasteiger partial charge is 0.305 e. The molecule has 0 spiro atoms. The van der Waals surface area contributed by atoms with E-state index in [-0.39, 0.29) is 87.1 Å². The van der Waals surface area contributed by atoms with Gasteiger partial charge in [-0.25, -0.2) is 8.78 Å². The third-order valence-corrected chi connectivity index (χ3v) is 12.1. The lowest BCUT2D eigenvalue weighted by molar-refractivity contribution is -0.210. The summed E-state index contributed by atoms with van der Waals surface area (Å²) >= 11 is 0. The lowest BCUT2D eigenvalue weighted by Crippen LogP contribution is -2.52. The molecular formula is C41H66F4O9. The molecule has 0 bridgehead atoms. The number of aliphatic hydroxyl groups excluding tert-OH is 1. The first kappa shape index (κ1) is 47.7. The zero-order valence-electron chi connectivity index (χ0n) is 32.5. The average Bonchev–Trinajstić information content (AvgIpc) is 3.55. The molecule has 3 aliphatic carbocycles. The van der Waals surface area contributed by atoms with E-state index in [9.17, 15) is 51.7 Å². The van der Waals surface area contributed by atoms with Gasteiger partial charge in [0.25, 0.3) is 5.92 Å². The Labute approximate surface area is 318 Å². The van der Waals surface area contributed by atoms with Crippen LogP contribution < -0.4 is 0 Å². The van der Waals surface area contributed by atoms with E-state index in [1.807, 2.05) is 6.92 Å². The van der Waals surface area contributed by atoms with Gasteiger partial charge in [-0.15, -0.1) is 0 Å². The molecule has 0 amide bonds. The Kier molecular flexibility index (Phi) is 20.3. The third kappa shape index (κ3) is 14.9. The number of carboxylic acid groups (broad SMARTS) is 2. The van der Waals surface area contributed by atoms with E-state index in [0.717, 1.165) is 44.9 Å². The Bertz CT molecular complexity index is 1210. The highest BCUT2D eigenvalue weighted by atomic mass is 19.3. The molecule has 3 fully saturated rings.